The molecule has 0 aromatic heterocycles. The van der Waals surface area contributed by atoms with Crippen molar-refractivity contribution in [3.63, 3.8) is 0 Å². The van der Waals surface area contributed by atoms with Gasteiger partial charge in [0.05, 0.1) is 5.69 Å². The molecule has 15 heavy (non-hydrogen) atoms. The third kappa shape index (κ3) is 3.66. The SMILES string of the molecule is CCCC=Nc1cc(C)cc(C(C)=O)c1. The van der Waals surface area contributed by atoms with E-state index in [0.29, 0.717) is 0 Å². The molecule has 0 fully saturated rings. The third-order valence-electron chi connectivity index (χ3n) is 2.13. The number of hydrogen-bond acceptors (Lipinski definition) is 2. The molecule has 80 valence electrons. The van der Waals surface area contributed by atoms with E-state index in [2.05, 4.69) is 11.9 Å². The van der Waals surface area contributed by atoms with Crippen LogP contribution in [0.5, 0.6) is 0 Å². The number of aliphatic imine (C=N–C) groups is 1. The van der Waals surface area contributed by atoms with E-state index in [1.807, 2.05) is 31.3 Å². The molecule has 0 radical (unpaired) electrons. The number of aryl methyl sites for hydroxylation is 1. The Morgan fingerprint density at radius 2 is 2.13 bits per heavy atom. The zero-order chi connectivity index (χ0) is 11.3. The molecular formula is C13H17NO. The number of hydrogen-bond donors (Lipinski definition) is 0. The predicted molar refractivity (Wildman–Crippen MR) is 64.2 cm³/mol. The summed E-state index contributed by atoms with van der Waals surface area (Å²) in [5, 5.41) is 0. The lowest BCUT2D eigenvalue weighted by Gasteiger charge is -2.00. The molecule has 0 aliphatic heterocycles. The van der Waals surface area contributed by atoms with Crippen LogP contribution in [0.15, 0.2) is 23.2 Å². The minimum absolute atomic E-state index is 0.0886. The first kappa shape index (κ1) is 11.6. The molecule has 2 nitrogen and oxygen atoms in total. The summed E-state index contributed by atoms with van der Waals surface area (Å²) in [7, 11) is 0. The smallest absolute Gasteiger partial charge is 0.159 e. The van der Waals surface area contributed by atoms with Crippen LogP contribution in [0.2, 0.25) is 0 Å². The van der Waals surface area contributed by atoms with E-state index >= 15 is 0 Å². The van der Waals surface area contributed by atoms with Crippen LogP contribution in [0.4, 0.5) is 5.69 Å². The van der Waals surface area contributed by atoms with Gasteiger partial charge in [0.15, 0.2) is 5.78 Å². The summed E-state index contributed by atoms with van der Waals surface area (Å²) in [6, 6.07) is 5.71. The first-order valence-corrected chi connectivity index (χ1v) is 5.28. The summed E-state index contributed by atoms with van der Waals surface area (Å²) >= 11 is 0. The van der Waals surface area contributed by atoms with Crippen molar-refractivity contribution in [2.45, 2.75) is 33.6 Å². The molecule has 0 N–H and O–H groups in total. The molecule has 1 rings (SSSR count). The molecule has 0 saturated carbocycles. The zero-order valence-corrected chi connectivity index (χ0v) is 9.58. The monoisotopic (exact) mass is 203 g/mol. The Morgan fingerprint density at radius 3 is 2.73 bits per heavy atom. The number of rotatable bonds is 4. The van der Waals surface area contributed by atoms with Gasteiger partial charge in [0.2, 0.25) is 0 Å². The standard InChI is InChI=1S/C13H17NO/c1-4-5-6-14-13-8-10(2)7-12(9-13)11(3)15/h6-9H,4-5H2,1-3H3. The van der Waals surface area contributed by atoms with Crippen molar-refractivity contribution >= 4 is 17.7 Å². The maximum Gasteiger partial charge on any atom is 0.159 e. The molecule has 0 unspecified atom stereocenters. The van der Waals surface area contributed by atoms with E-state index in [-0.39, 0.29) is 5.78 Å². The molecule has 0 heterocycles. The Kier molecular flexibility index (Phi) is 4.22. The minimum Gasteiger partial charge on any atom is -0.295 e. The average Bonchev–Trinajstić information content (AvgIpc) is 2.17. The van der Waals surface area contributed by atoms with Crippen molar-refractivity contribution in [1.82, 2.24) is 0 Å². The summed E-state index contributed by atoms with van der Waals surface area (Å²) in [6.07, 6.45) is 3.97. The molecule has 0 spiro atoms. The normalized spacial score (nSPS) is 10.9. The number of benzene rings is 1. The first-order valence-electron chi connectivity index (χ1n) is 5.28. The van der Waals surface area contributed by atoms with Crippen molar-refractivity contribution in [1.29, 1.82) is 0 Å². The van der Waals surface area contributed by atoms with Crippen LogP contribution < -0.4 is 0 Å². The van der Waals surface area contributed by atoms with Crippen molar-refractivity contribution in [2.75, 3.05) is 0 Å². The van der Waals surface area contributed by atoms with E-state index in [4.69, 9.17) is 0 Å². The van der Waals surface area contributed by atoms with Gasteiger partial charge in [-0.1, -0.05) is 13.3 Å². The second-order valence-electron chi connectivity index (χ2n) is 3.71. The third-order valence-corrected chi connectivity index (χ3v) is 2.13. The summed E-state index contributed by atoms with van der Waals surface area (Å²) < 4.78 is 0. The van der Waals surface area contributed by atoms with Crippen LogP contribution in [0, 0.1) is 6.92 Å². The van der Waals surface area contributed by atoms with Crippen LogP contribution in [0.3, 0.4) is 0 Å². The van der Waals surface area contributed by atoms with Crippen LogP contribution in [0.25, 0.3) is 0 Å². The summed E-state index contributed by atoms with van der Waals surface area (Å²) in [5.41, 5.74) is 2.68. The zero-order valence-electron chi connectivity index (χ0n) is 9.58. The number of ketones is 1. The Bertz CT molecular complexity index is 380. The van der Waals surface area contributed by atoms with Gasteiger partial charge < -0.3 is 0 Å². The Hall–Kier alpha value is -1.44. The number of carbonyl (C=O) groups is 1. The van der Waals surface area contributed by atoms with E-state index in [1.165, 1.54) is 0 Å². The van der Waals surface area contributed by atoms with Crippen LogP contribution in [0.1, 0.15) is 42.6 Å². The molecule has 2 heteroatoms. The highest BCUT2D eigenvalue weighted by Crippen LogP contribution is 2.17. The van der Waals surface area contributed by atoms with Crippen LogP contribution in [-0.4, -0.2) is 12.0 Å². The van der Waals surface area contributed by atoms with E-state index in [0.717, 1.165) is 29.7 Å². The van der Waals surface area contributed by atoms with Gasteiger partial charge >= 0.3 is 0 Å². The van der Waals surface area contributed by atoms with Crippen molar-refractivity contribution in [3.05, 3.63) is 29.3 Å². The van der Waals surface area contributed by atoms with Gasteiger partial charge in [0.25, 0.3) is 0 Å². The Morgan fingerprint density at radius 1 is 1.40 bits per heavy atom. The molecule has 0 saturated heterocycles. The summed E-state index contributed by atoms with van der Waals surface area (Å²) in [4.78, 5) is 15.6. The van der Waals surface area contributed by atoms with Crippen molar-refractivity contribution in [2.24, 2.45) is 4.99 Å². The molecule has 0 atom stereocenters. The number of carbonyl (C=O) groups excluding carboxylic acids is 1. The molecule has 0 aliphatic rings. The minimum atomic E-state index is 0.0886. The molecular weight excluding hydrogens is 186 g/mol. The second-order valence-corrected chi connectivity index (χ2v) is 3.71. The fourth-order valence-electron chi connectivity index (χ4n) is 1.34. The molecule has 0 aliphatic carbocycles. The van der Waals surface area contributed by atoms with Gasteiger partial charge in [-0.3, -0.25) is 9.79 Å². The number of Topliss-reactive ketones (excluding diaryl/α,β-unsaturated/α-hetero) is 1. The van der Waals surface area contributed by atoms with E-state index in [1.54, 1.807) is 6.92 Å². The van der Waals surface area contributed by atoms with E-state index in [9.17, 15) is 4.79 Å². The van der Waals surface area contributed by atoms with Crippen LogP contribution >= 0.6 is 0 Å². The second kappa shape index (κ2) is 5.44. The number of unbranched alkanes of at least 4 members (excludes halogenated alkanes) is 1. The van der Waals surface area contributed by atoms with E-state index < -0.39 is 0 Å². The predicted octanol–water partition coefficient (Wildman–Crippen LogP) is 3.70. The van der Waals surface area contributed by atoms with Gasteiger partial charge in [-0.05, 0) is 44.0 Å². The van der Waals surface area contributed by atoms with Crippen molar-refractivity contribution in [3.8, 4) is 0 Å². The molecule has 1 aromatic carbocycles. The first-order chi connectivity index (χ1) is 7.13. The van der Waals surface area contributed by atoms with Gasteiger partial charge in [-0.2, -0.15) is 0 Å². The molecule has 0 amide bonds. The lowest BCUT2D eigenvalue weighted by Crippen LogP contribution is -1.92. The topological polar surface area (TPSA) is 29.4 Å². The maximum atomic E-state index is 11.2. The van der Waals surface area contributed by atoms with Gasteiger partial charge in [0.1, 0.15) is 0 Å². The van der Waals surface area contributed by atoms with Gasteiger partial charge in [-0.25, -0.2) is 0 Å². The highest BCUT2D eigenvalue weighted by Gasteiger charge is 2.01. The largest absolute Gasteiger partial charge is 0.295 e. The quantitative estimate of drug-likeness (QED) is 0.542. The average molecular weight is 203 g/mol. The van der Waals surface area contributed by atoms with Gasteiger partial charge in [-0.15, -0.1) is 0 Å². The lowest BCUT2D eigenvalue weighted by molar-refractivity contribution is 0.101. The molecule has 0 bridgehead atoms. The van der Waals surface area contributed by atoms with Gasteiger partial charge in [0, 0.05) is 11.8 Å². The summed E-state index contributed by atoms with van der Waals surface area (Å²) in [5.74, 6) is 0.0886. The highest BCUT2D eigenvalue weighted by atomic mass is 16.1. The Labute approximate surface area is 91.0 Å². The maximum absolute atomic E-state index is 11.2. The Balaban J connectivity index is 2.93. The lowest BCUT2D eigenvalue weighted by atomic mass is 10.1. The fraction of sp³-hybridized carbons (Fsp3) is 0.385. The highest BCUT2D eigenvalue weighted by molar-refractivity contribution is 5.95. The van der Waals surface area contributed by atoms with Crippen LogP contribution in [-0.2, 0) is 0 Å². The number of nitrogens with zero attached hydrogens (tertiary/aromatic N) is 1. The molecule has 1 aromatic rings. The van der Waals surface area contributed by atoms with Crippen molar-refractivity contribution < 1.29 is 4.79 Å². The summed E-state index contributed by atoms with van der Waals surface area (Å²) in [6.45, 7) is 5.67. The fourth-order valence-corrected chi connectivity index (χ4v) is 1.34.